The summed E-state index contributed by atoms with van der Waals surface area (Å²) in [7, 11) is 0. The molecule has 0 saturated carbocycles. The molecule has 0 aliphatic carbocycles. The molecule has 0 amide bonds. The van der Waals surface area contributed by atoms with Crippen molar-refractivity contribution in [3.8, 4) is 0 Å². The van der Waals surface area contributed by atoms with Gasteiger partial charge < -0.3 is 5.11 Å². The Labute approximate surface area is 111 Å². The summed E-state index contributed by atoms with van der Waals surface area (Å²) in [5.74, 6) is 0.212. The average molecular weight is 260 g/mol. The summed E-state index contributed by atoms with van der Waals surface area (Å²) in [6, 6.07) is 11.3. The highest BCUT2D eigenvalue weighted by molar-refractivity contribution is 7.99. The lowest BCUT2D eigenvalue weighted by molar-refractivity contribution is 0.0699. The lowest BCUT2D eigenvalue weighted by Gasteiger charge is -2.08. The van der Waals surface area contributed by atoms with E-state index in [1.165, 1.54) is 17.7 Å². The van der Waals surface area contributed by atoms with Gasteiger partial charge >= 0.3 is 5.97 Å². The maximum absolute atomic E-state index is 11.2. The summed E-state index contributed by atoms with van der Waals surface area (Å²) < 4.78 is 0. The van der Waals surface area contributed by atoms with Crippen LogP contribution < -0.4 is 0 Å². The van der Waals surface area contributed by atoms with Crippen molar-refractivity contribution in [2.24, 2.45) is 0 Å². The lowest BCUT2D eigenvalue weighted by Crippen LogP contribution is -1.97. The molecule has 0 aliphatic heterocycles. The van der Waals surface area contributed by atoms with Gasteiger partial charge in [-0.1, -0.05) is 37.6 Å². The Hall–Kier alpha value is -1.48. The Balaban J connectivity index is 2.44. The Morgan fingerprint density at radius 3 is 2.56 bits per heavy atom. The normalized spacial score (nSPS) is 10.7. The highest BCUT2D eigenvalue weighted by Crippen LogP contribution is 2.30. The van der Waals surface area contributed by atoms with Gasteiger partial charge in [0.25, 0.3) is 0 Å². The predicted molar refractivity (Wildman–Crippen MR) is 76.5 cm³/mol. The second-order valence-corrected chi connectivity index (χ2v) is 5.30. The van der Waals surface area contributed by atoms with Gasteiger partial charge in [-0.2, -0.15) is 0 Å². The molecule has 0 bridgehead atoms. The molecule has 18 heavy (non-hydrogen) atoms. The SMILES string of the molecule is CCCCSc1ccc(C(=O)O)c2ccccc12. The molecule has 0 saturated heterocycles. The van der Waals surface area contributed by atoms with E-state index >= 15 is 0 Å². The van der Waals surface area contributed by atoms with Crippen LogP contribution in [0.15, 0.2) is 41.3 Å². The van der Waals surface area contributed by atoms with Crippen LogP contribution in [0.25, 0.3) is 10.8 Å². The zero-order valence-electron chi connectivity index (χ0n) is 10.3. The molecular weight excluding hydrogens is 244 g/mol. The van der Waals surface area contributed by atoms with E-state index in [9.17, 15) is 9.90 Å². The van der Waals surface area contributed by atoms with E-state index in [1.54, 1.807) is 17.8 Å². The van der Waals surface area contributed by atoms with Crippen LogP contribution in [0.4, 0.5) is 0 Å². The van der Waals surface area contributed by atoms with Crippen LogP contribution in [0.3, 0.4) is 0 Å². The Morgan fingerprint density at radius 1 is 1.17 bits per heavy atom. The van der Waals surface area contributed by atoms with Gasteiger partial charge in [0.15, 0.2) is 0 Å². The average Bonchev–Trinajstić information content (AvgIpc) is 2.38. The first-order valence-corrected chi connectivity index (χ1v) is 7.10. The molecule has 0 fully saturated rings. The first kappa shape index (κ1) is 13.0. The van der Waals surface area contributed by atoms with E-state index in [1.807, 2.05) is 30.3 Å². The van der Waals surface area contributed by atoms with E-state index in [4.69, 9.17) is 0 Å². The third kappa shape index (κ3) is 2.67. The molecule has 2 nitrogen and oxygen atoms in total. The van der Waals surface area contributed by atoms with Crippen molar-refractivity contribution in [3.63, 3.8) is 0 Å². The maximum Gasteiger partial charge on any atom is 0.336 e. The molecule has 0 heterocycles. The highest BCUT2D eigenvalue weighted by Gasteiger charge is 2.10. The summed E-state index contributed by atoms with van der Waals surface area (Å²) in [6.07, 6.45) is 2.36. The van der Waals surface area contributed by atoms with Crippen LogP contribution in [0.1, 0.15) is 30.1 Å². The number of hydrogen-bond donors (Lipinski definition) is 1. The van der Waals surface area contributed by atoms with Gasteiger partial charge in [0.1, 0.15) is 0 Å². The van der Waals surface area contributed by atoms with Crippen LogP contribution >= 0.6 is 11.8 Å². The van der Waals surface area contributed by atoms with Crippen LogP contribution in [0.5, 0.6) is 0 Å². The van der Waals surface area contributed by atoms with Gasteiger partial charge in [0.2, 0.25) is 0 Å². The van der Waals surface area contributed by atoms with Crippen molar-refractivity contribution in [1.82, 2.24) is 0 Å². The number of unbranched alkanes of at least 4 members (excludes halogenated alkanes) is 1. The number of fused-ring (bicyclic) bond motifs is 1. The van der Waals surface area contributed by atoms with Crippen molar-refractivity contribution in [2.75, 3.05) is 5.75 Å². The van der Waals surface area contributed by atoms with Crippen LogP contribution in [-0.4, -0.2) is 16.8 Å². The number of thioether (sulfide) groups is 1. The van der Waals surface area contributed by atoms with E-state index in [2.05, 4.69) is 6.92 Å². The maximum atomic E-state index is 11.2. The van der Waals surface area contributed by atoms with Gasteiger partial charge in [-0.25, -0.2) is 4.79 Å². The second-order valence-electron chi connectivity index (χ2n) is 4.16. The fourth-order valence-electron chi connectivity index (χ4n) is 1.91. The second kappa shape index (κ2) is 5.91. The van der Waals surface area contributed by atoms with E-state index < -0.39 is 5.97 Å². The molecule has 0 unspecified atom stereocenters. The lowest BCUT2D eigenvalue weighted by atomic mass is 10.0. The van der Waals surface area contributed by atoms with Gasteiger partial charge in [-0.3, -0.25) is 0 Å². The Morgan fingerprint density at radius 2 is 1.89 bits per heavy atom. The molecule has 0 atom stereocenters. The minimum absolute atomic E-state index is 0.380. The fraction of sp³-hybridized carbons (Fsp3) is 0.267. The topological polar surface area (TPSA) is 37.3 Å². The molecule has 0 aliphatic rings. The van der Waals surface area contributed by atoms with Gasteiger partial charge in [-0.05, 0) is 35.1 Å². The molecule has 0 radical (unpaired) electrons. The molecule has 94 valence electrons. The van der Waals surface area contributed by atoms with Crippen LogP contribution in [0, 0.1) is 0 Å². The number of carbonyl (C=O) groups is 1. The Bertz CT molecular complexity index is 563. The molecule has 2 aromatic rings. The number of rotatable bonds is 5. The quantitative estimate of drug-likeness (QED) is 0.638. The van der Waals surface area contributed by atoms with Crippen LogP contribution in [-0.2, 0) is 0 Å². The molecular formula is C15H16O2S. The molecule has 2 rings (SSSR count). The monoisotopic (exact) mass is 260 g/mol. The molecule has 0 aromatic heterocycles. The molecule has 3 heteroatoms. The van der Waals surface area contributed by atoms with Crippen LogP contribution in [0.2, 0.25) is 0 Å². The smallest absolute Gasteiger partial charge is 0.336 e. The largest absolute Gasteiger partial charge is 0.478 e. The van der Waals surface area contributed by atoms with Crippen molar-refractivity contribution >= 4 is 28.5 Å². The third-order valence-corrected chi connectivity index (χ3v) is 4.03. The standard InChI is InChI=1S/C15H16O2S/c1-2-3-10-18-14-9-8-13(15(16)17)11-6-4-5-7-12(11)14/h4-9H,2-3,10H2,1H3,(H,16,17). The fourth-order valence-corrected chi connectivity index (χ4v) is 3.06. The Kier molecular flexibility index (Phi) is 4.26. The van der Waals surface area contributed by atoms with Crippen molar-refractivity contribution in [2.45, 2.75) is 24.7 Å². The molecule has 1 N–H and O–H groups in total. The van der Waals surface area contributed by atoms with E-state index in [0.29, 0.717) is 5.56 Å². The summed E-state index contributed by atoms with van der Waals surface area (Å²) in [5.41, 5.74) is 0.380. The third-order valence-electron chi connectivity index (χ3n) is 2.87. The minimum Gasteiger partial charge on any atom is -0.478 e. The van der Waals surface area contributed by atoms with Gasteiger partial charge in [0.05, 0.1) is 5.56 Å². The predicted octanol–water partition coefficient (Wildman–Crippen LogP) is 4.43. The number of benzene rings is 2. The molecule has 2 aromatic carbocycles. The zero-order chi connectivity index (χ0) is 13.0. The van der Waals surface area contributed by atoms with E-state index in [0.717, 1.165) is 16.5 Å². The number of carboxylic acids is 1. The first-order chi connectivity index (χ1) is 8.74. The summed E-state index contributed by atoms with van der Waals surface area (Å²) in [5, 5.41) is 11.0. The summed E-state index contributed by atoms with van der Waals surface area (Å²) in [4.78, 5) is 12.4. The van der Waals surface area contributed by atoms with Crippen molar-refractivity contribution in [3.05, 3.63) is 42.0 Å². The van der Waals surface area contributed by atoms with Gasteiger partial charge in [-0.15, -0.1) is 11.8 Å². The minimum atomic E-state index is -0.865. The highest BCUT2D eigenvalue weighted by atomic mass is 32.2. The first-order valence-electron chi connectivity index (χ1n) is 6.12. The van der Waals surface area contributed by atoms with Crippen molar-refractivity contribution in [1.29, 1.82) is 0 Å². The summed E-state index contributed by atoms with van der Waals surface area (Å²) >= 11 is 1.80. The number of carboxylic acid groups (broad SMARTS) is 1. The summed E-state index contributed by atoms with van der Waals surface area (Å²) in [6.45, 7) is 2.17. The van der Waals surface area contributed by atoms with Crippen molar-refractivity contribution < 1.29 is 9.90 Å². The zero-order valence-corrected chi connectivity index (χ0v) is 11.2. The van der Waals surface area contributed by atoms with E-state index in [-0.39, 0.29) is 0 Å². The number of hydrogen-bond acceptors (Lipinski definition) is 2. The van der Waals surface area contributed by atoms with Gasteiger partial charge in [0, 0.05) is 4.90 Å². The molecule has 0 spiro atoms. The number of aromatic carboxylic acids is 1.